The highest BCUT2D eigenvalue weighted by Crippen LogP contribution is 2.19. The van der Waals surface area contributed by atoms with Crippen LogP contribution in [0, 0.1) is 5.82 Å². The first-order chi connectivity index (χ1) is 10.3. The van der Waals surface area contributed by atoms with Gasteiger partial charge in [0, 0.05) is 26.0 Å². The molecule has 1 heterocycles. The Kier molecular flexibility index (Phi) is 4.57. The molecule has 22 heavy (non-hydrogen) atoms. The lowest BCUT2D eigenvalue weighted by Gasteiger charge is -2.17. The van der Waals surface area contributed by atoms with Crippen LogP contribution in [-0.2, 0) is 16.6 Å². The summed E-state index contributed by atoms with van der Waals surface area (Å²) in [5.41, 5.74) is -0.310. The van der Waals surface area contributed by atoms with Gasteiger partial charge in [-0.15, -0.1) is 0 Å². The lowest BCUT2D eigenvalue weighted by Crippen LogP contribution is -2.31. The molecule has 0 aliphatic rings. The molecule has 1 aromatic carbocycles. The van der Waals surface area contributed by atoms with E-state index in [-0.39, 0.29) is 12.1 Å². The van der Waals surface area contributed by atoms with Gasteiger partial charge in [0.25, 0.3) is 0 Å². The first kappa shape index (κ1) is 16.1. The first-order valence-electron chi connectivity index (χ1n) is 6.29. The monoisotopic (exact) mass is 327 g/mol. The van der Waals surface area contributed by atoms with Crippen LogP contribution in [0.5, 0.6) is 0 Å². The lowest BCUT2D eigenvalue weighted by molar-refractivity contribution is 0.0696. The average Bonchev–Trinajstić information content (AvgIpc) is 2.97. The van der Waals surface area contributed by atoms with Crippen LogP contribution in [0.3, 0.4) is 0 Å². The number of carboxylic acid groups (broad SMARTS) is 1. The van der Waals surface area contributed by atoms with E-state index in [1.54, 1.807) is 23.1 Å². The number of hydrogen-bond donors (Lipinski definition) is 1. The van der Waals surface area contributed by atoms with E-state index in [9.17, 15) is 17.6 Å². The number of nitrogens with zero attached hydrogens (tertiary/aromatic N) is 3. The fourth-order valence-electron chi connectivity index (χ4n) is 1.81. The third-order valence-corrected chi connectivity index (χ3v) is 4.96. The number of rotatable bonds is 6. The van der Waals surface area contributed by atoms with Crippen molar-refractivity contribution in [1.82, 2.24) is 14.1 Å². The zero-order valence-electron chi connectivity index (χ0n) is 11.7. The normalized spacial score (nSPS) is 11.8. The lowest BCUT2D eigenvalue weighted by atomic mass is 10.2. The molecule has 2 rings (SSSR count). The van der Waals surface area contributed by atoms with Crippen LogP contribution in [0.2, 0.25) is 0 Å². The topological polar surface area (TPSA) is 92.5 Å². The SMILES string of the molecule is CN(CCn1cccn1)S(=O)(=O)c1ccc(C(=O)O)cc1F. The summed E-state index contributed by atoms with van der Waals surface area (Å²) in [6.45, 7) is 0.418. The smallest absolute Gasteiger partial charge is 0.335 e. The molecule has 0 aliphatic heterocycles. The van der Waals surface area contributed by atoms with Gasteiger partial charge in [-0.1, -0.05) is 0 Å². The molecule has 118 valence electrons. The number of aromatic nitrogens is 2. The molecule has 0 spiro atoms. The van der Waals surface area contributed by atoms with E-state index in [1.807, 2.05) is 0 Å². The maximum Gasteiger partial charge on any atom is 0.335 e. The molecule has 2 aromatic rings. The Hall–Kier alpha value is -2.26. The summed E-state index contributed by atoms with van der Waals surface area (Å²) in [7, 11) is -2.72. The van der Waals surface area contributed by atoms with Crippen LogP contribution in [0.15, 0.2) is 41.6 Å². The Labute approximate surface area is 126 Å². The average molecular weight is 327 g/mol. The third-order valence-electron chi connectivity index (χ3n) is 3.07. The van der Waals surface area contributed by atoms with Crippen LogP contribution < -0.4 is 0 Å². The Balaban J connectivity index is 2.20. The number of carbonyl (C=O) groups is 1. The predicted octanol–water partition coefficient (Wildman–Crippen LogP) is 1.04. The van der Waals surface area contributed by atoms with Crippen LogP contribution in [0.4, 0.5) is 4.39 Å². The highest BCUT2D eigenvalue weighted by Gasteiger charge is 2.25. The van der Waals surface area contributed by atoms with Crippen molar-refractivity contribution < 1.29 is 22.7 Å². The molecule has 0 aliphatic carbocycles. The molecular formula is C13H14FN3O4S. The van der Waals surface area contributed by atoms with Crippen molar-refractivity contribution in [3.05, 3.63) is 48.0 Å². The molecule has 0 fully saturated rings. The van der Waals surface area contributed by atoms with E-state index in [2.05, 4.69) is 5.10 Å². The number of carboxylic acids is 1. The van der Waals surface area contributed by atoms with Crippen molar-refractivity contribution in [2.75, 3.05) is 13.6 Å². The van der Waals surface area contributed by atoms with E-state index >= 15 is 0 Å². The third kappa shape index (κ3) is 3.31. The highest BCUT2D eigenvalue weighted by molar-refractivity contribution is 7.89. The second-order valence-corrected chi connectivity index (χ2v) is 6.56. The molecule has 0 saturated heterocycles. The Morgan fingerprint density at radius 2 is 2.18 bits per heavy atom. The molecule has 7 nitrogen and oxygen atoms in total. The number of hydrogen-bond acceptors (Lipinski definition) is 4. The van der Waals surface area contributed by atoms with Crippen molar-refractivity contribution in [2.24, 2.45) is 0 Å². The Morgan fingerprint density at radius 1 is 1.45 bits per heavy atom. The van der Waals surface area contributed by atoms with Gasteiger partial charge in [-0.05, 0) is 24.3 Å². The minimum Gasteiger partial charge on any atom is -0.478 e. The zero-order chi connectivity index (χ0) is 16.3. The van der Waals surface area contributed by atoms with Crippen LogP contribution in [0.25, 0.3) is 0 Å². The van der Waals surface area contributed by atoms with Crippen LogP contribution in [-0.4, -0.2) is 47.2 Å². The van der Waals surface area contributed by atoms with E-state index in [4.69, 9.17) is 5.11 Å². The van der Waals surface area contributed by atoms with Crippen molar-refractivity contribution in [2.45, 2.75) is 11.4 Å². The van der Waals surface area contributed by atoms with Gasteiger partial charge in [0.15, 0.2) is 0 Å². The summed E-state index contributed by atoms with van der Waals surface area (Å²) >= 11 is 0. The second kappa shape index (κ2) is 6.24. The van der Waals surface area contributed by atoms with Gasteiger partial charge >= 0.3 is 5.97 Å². The van der Waals surface area contributed by atoms with Crippen LogP contribution in [0.1, 0.15) is 10.4 Å². The van der Waals surface area contributed by atoms with Crippen molar-refractivity contribution in [3.8, 4) is 0 Å². The minimum atomic E-state index is -4.04. The van der Waals surface area contributed by atoms with Crippen LogP contribution >= 0.6 is 0 Å². The van der Waals surface area contributed by atoms with Gasteiger partial charge in [0.1, 0.15) is 10.7 Å². The summed E-state index contributed by atoms with van der Waals surface area (Å²) in [5, 5.41) is 12.7. The van der Waals surface area contributed by atoms with Gasteiger partial charge in [-0.2, -0.15) is 9.40 Å². The molecule has 0 unspecified atom stereocenters. The standard InChI is InChI=1S/C13H14FN3O4S/c1-16(7-8-17-6-2-5-15-17)22(20,21)12-4-3-10(13(18)19)9-11(12)14/h2-6,9H,7-8H2,1H3,(H,18,19). The number of halogens is 1. The molecule has 0 atom stereocenters. The van der Waals surface area contributed by atoms with Gasteiger partial charge in [0.2, 0.25) is 10.0 Å². The van der Waals surface area contributed by atoms with Gasteiger partial charge in [-0.3, -0.25) is 4.68 Å². The summed E-state index contributed by atoms with van der Waals surface area (Å²) in [5.74, 6) is -2.42. The van der Waals surface area contributed by atoms with Crippen molar-refractivity contribution in [3.63, 3.8) is 0 Å². The number of sulfonamides is 1. The second-order valence-electron chi connectivity index (χ2n) is 4.55. The number of likely N-dealkylation sites (N-methyl/N-ethyl adjacent to an activating group) is 1. The van der Waals surface area contributed by atoms with Gasteiger partial charge in [0.05, 0.1) is 12.1 Å². The summed E-state index contributed by atoms with van der Waals surface area (Å²) in [4.78, 5) is 10.2. The molecular weight excluding hydrogens is 313 g/mol. The summed E-state index contributed by atoms with van der Waals surface area (Å²) < 4.78 is 41.0. The molecule has 1 N–H and O–H groups in total. The minimum absolute atomic E-state index is 0.101. The molecule has 1 aromatic heterocycles. The van der Waals surface area contributed by atoms with E-state index in [0.29, 0.717) is 12.6 Å². The van der Waals surface area contributed by atoms with E-state index in [1.165, 1.54) is 7.05 Å². The van der Waals surface area contributed by atoms with E-state index < -0.39 is 26.7 Å². The molecule has 9 heteroatoms. The van der Waals surface area contributed by atoms with Gasteiger partial charge < -0.3 is 5.11 Å². The molecule has 0 bridgehead atoms. The zero-order valence-corrected chi connectivity index (χ0v) is 12.5. The first-order valence-corrected chi connectivity index (χ1v) is 7.73. The largest absolute Gasteiger partial charge is 0.478 e. The fourth-order valence-corrected chi connectivity index (χ4v) is 3.01. The Morgan fingerprint density at radius 3 is 2.73 bits per heavy atom. The molecule has 0 amide bonds. The maximum atomic E-state index is 13.9. The maximum absolute atomic E-state index is 13.9. The number of benzene rings is 1. The summed E-state index contributed by atoms with van der Waals surface area (Å²) in [6.07, 6.45) is 3.25. The fraction of sp³-hybridized carbons (Fsp3) is 0.231. The van der Waals surface area contributed by atoms with E-state index in [0.717, 1.165) is 16.4 Å². The molecule has 0 saturated carbocycles. The summed E-state index contributed by atoms with van der Waals surface area (Å²) in [6, 6.07) is 4.41. The quantitative estimate of drug-likeness (QED) is 0.856. The van der Waals surface area contributed by atoms with Crippen molar-refractivity contribution in [1.29, 1.82) is 0 Å². The number of aromatic carboxylic acids is 1. The van der Waals surface area contributed by atoms with Crippen molar-refractivity contribution >= 4 is 16.0 Å². The Bertz CT molecular complexity index is 775. The predicted molar refractivity (Wildman–Crippen MR) is 75.4 cm³/mol. The molecule has 0 radical (unpaired) electrons. The highest BCUT2D eigenvalue weighted by atomic mass is 32.2. The van der Waals surface area contributed by atoms with Gasteiger partial charge in [-0.25, -0.2) is 17.6 Å².